The molecule has 0 spiro atoms. The van der Waals surface area contributed by atoms with Crippen molar-refractivity contribution in [2.24, 2.45) is 0 Å². The summed E-state index contributed by atoms with van der Waals surface area (Å²) in [7, 11) is 1.53. The number of benzene rings is 3. The molecule has 3 aromatic rings. The Morgan fingerprint density at radius 2 is 1.68 bits per heavy atom. The quantitative estimate of drug-likeness (QED) is 0.280. The van der Waals surface area contributed by atoms with E-state index in [4.69, 9.17) is 14.2 Å². The van der Waals surface area contributed by atoms with Gasteiger partial charge in [-0.2, -0.15) is 0 Å². The van der Waals surface area contributed by atoms with Crippen molar-refractivity contribution in [3.05, 3.63) is 89.1 Å². The molecule has 0 radical (unpaired) electrons. The average Bonchev–Trinajstić information content (AvgIpc) is 3.09. The Bertz CT molecular complexity index is 1380. The minimum atomic E-state index is -0.426. The van der Waals surface area contributed by atoms with Crippen LogP contribution in [0, 0.1) is 0 Å². The van der Waals surface area contributed by atoms with E-state index in [1.165, 1.54) is 14.0 Å². The summed E-state index contributed by atoms with van der Waals surface area (Å²) in [6.45, 7) is 4.11. The van der Waals surface area contributed by atoms with Gasteiger partial charge >= 0.3 is 5.97 Å². The van der Waals surface area contributed by atoms with E-state index >= 15 is 0 Å². The number of nitrogens with one attached hydrogen (secondary N) is 2. The number of ketones is 1. The summed E-state index contributed by atoms with van der Waals surface area (Å²) in [5.74, 6) is 1.33. The lowest BCUT2D eigenvalue weighted by Gasteiger charge is -2.30. The largest absolute Gasteiger partial charge is 0.494 e. The third-order valence-electron chi connectivity index (χ3n) is 6.91. The highest BCUT2D eigenvalue weighted by Crippen LogP contribution is 2.45. The first-order valence-corrected chi connectivity index (χ1v) is 12.9. The molecule has 1 aliphatic carbocycles. The normalized spacial score (nSPS) is 18.3. The van der Waals surface area contributed by atoms with E-state index in [0.717, 1.165) is 40.4 Å². The second-order valence-corrected chi connectivity index (χ2v) is 9.59. The molecule has 0 bridgehead atoms. The van der Waals surface area contributed by atoms with E-state index in [-0.39, 0.29) is 11.7 Å². The summed E-state index contributed by atoms with van der Waals surface area (Å²) in [6, 6.07) is 21.0. The Morgan fingerprint density at radius 1 is 0.947 bits per heavy atom. The third kappa shape index (κ3) is 5.23. The third-order valence-corrected chi connectivity index (χ3v) is 6.91. The molecule has 0 aromatic heterocycles. The van der Waals surface area contributed by atoms with Gasteiger partial charge in [0.15, 0.2) is 17.3 Å². The zero-order chi connectivity index (χ0) is 26.6. The molecule has 0 fully saturated rings. The van der Waals surface area contributed by atoms with Gasteiger partial charge in [0.2, 0.25) is 0 Å². The van der Waals surface area contributed by atoms with Crippen molar-refractivity contribution < 1.29 is 23.8 Å². The summed E-state index contributed by atoms with van der Waals surface area (Å²) in [5, 5.41) is 7.15. The fourth-order valence-electron chi connectivity index (χ4n) is 5.14. The van der Waals surface area contributed by atoms with Gasteiger partial charge in [-0.1, -0.05) is 37.3 Å². The number of para-hydroxylation sites is 2. The second-order valence-electron chi connectivity index (χ2n) is 9.59. The highest BCUT2D eigenvalue weighted by atomic mass is 16.6. The predicted octanol–water partition coefficient (Wildman–Crippen LogP) is 6.39. The van der Waals surface area contributed by atoms with Gasteiger partial charge < -0.3 is 24.8 Å². The highest BCUT2D eigenvalue weighted by molar-refractivity contribution is 6.01. The Morgan fingerprint density at radius 3 is 2.39 bits per heavy atom. The maximum Gasteiger partial charge on any atom is 0.308 e. The van der Waals surface area contributed by atoms with Gasteiger partial charge in [0.25, 0.3) is 0 Å². The first kappa shape index (κ1) is 25.4. The summed E-state index contributed by atoms with van der Waals surface area (Å²) in [6.07, 6.45) is 2.06. The number of methoxy groups -OCH3 is 1. The average molecular weight is 513 g/mol. The number of Topliss-reactive ketones (excluding diaryl/α,β-unsaturated/α-hetero) is 1. The number of hydrogen-bond acceptors (Lipinski definition) is 7. The molecule has 2 unspecified atom stereocenters. The first-order chi connectivity index (χ1) is 18.5. The number of hydrogen-bond donors (Lipinski definition) is 2. The number of carbonyl (C=O) groups is 2. The smallest absolute Gasteiger partial charge is 0.308 e. The molecule has 1 aliphatic heterocycles. The Hall–Kier alpha value is -4.26. The zero-order valence-corrected chi connectivity index (χ0v) is 21.9. The van der Waals surface area contributed by atoms with Crippen LogP contribution >= 0.6 is 0 Å². The van der Waals surface area contributed by atoms with Crippen LogP contribution in [0.5, 0.6) is 17.2 Å². The zero-order valence-electron chi connectivity index (χ0n) is 21.9. The van der Waals surface area contributed by atoms with Gasteiger partial charge in [-0.3, -0.25) is 9.59 Å². The second kappa shape index (κ2) is 11.0. The maximum absolute atomic E-state index is 13.8. The molecule has 38 heavy (non-hydrogen) atoms. The van der Waals surface area contributed by atoms with Crippen LogP contribution in [-0.2, 0) is 9.59 Å². The molecule has 0 saturated carbocycles. The standard InChI is InChI=1S/C31H32N2O5/c1-4-15-37-23-12-9-20(10-13-23)22-16-26-30(27(35)17-22)31(33-25-8-6-5-7-24(25)32-26)21-11-14-28(38-19(2)34)29(18-21)36-3/h5-14,18,22,31-33H,4,15-17H2,1-3H3. The van der Waals surface area contributed by atoms with E-state index in [2.05, 4.69) is 29.7 Å². The molecule has 2 atom stereocenters. The Balaban J connectivity index is 1.52. The number of fused-ring (bicyclic) bond motifs is 1. The lowest BCUT2D eigenvalue weighted by Crippen LogP contribution is -2.27. The van der Waals surface area contributed by atoms with Crippen molar-refractivity contribution >= 4 is 23.1 Å². The maximum atomic E-state index is 13.8. The summed E-state index contributed by atoms with van der Waals surface area (Å²) >= 11 is 0. The molecular weight excluding hydrogens is 480 g/mol. The molecule has 0 saturated heterocycles. The van der Waals surface area contributed by atoms with Gasteiger partial charge in [-0.05, 0) is 66.3 Å². The molecule has 2 N–H and O–H groups in total. The molecular formula is C31H32N2O5. The van der Waals surface area contributed by atoms with Gasteiger partial charge in [0.05, 0.1) is 31.1 Å². The molecule has 7 heteroatoms. The number of allylic oxidation sites excluding steroid dienone is 1. The number of anilines is 2. The van der Waals surface area contributed by atoms with E-state index in [1.54, 1.807) is 6.07 Å². The van der Waals surface area contributed by atoms with E-state index < -0.39 is 12.0 Å². The summed E-state index contributed by atoms with van der Waals surface area (Å²) in [5.41, 5.74) is 5.39. The van der Waals surface area contributed by atoms with Crippen molar-refractivity contribution in [1.29, 1.82) is 0 Å². The Labute approximate surface area is 222 Å². The van der Waals surface area contributed by atoms with Crippen molar-refractivity contribution in [1.82, 2.24) is 0 Å². The van der Waals surface area contributed by atoms with E-state index in [9.17, 15) is 9.59 Å². The van der Waals surface area contributed by atoms with Crippen LogP contribution in [0.2, 0.25) is 0 Å². The summed E-state index contributed by atoms with van der Waals surface area (Å²) < 4.78 is 16.6. The van der Waals surface area contributed by atoms with Gasteiger partial charge in [-0.25, -0.2) is 0 Å². The molecule has 196 valence electrons. The van der Waals surface area contributed by atoms with Gasteiger partial charge in [0, 0.05) is 24.6 Å². The van der Waals surface area contributed by atoms with E-state index in [1.807, 2.05) is 48.5 Å². The van der Waals surface area contributed by atoms with Crippen molar-refractivity contribution in [2.45, 2.75) is 45.1 Å². The first-order valence-electron chi connectivity index (χ1n) is 12.9. The van der Waals surface area contributed by atoms with Crippen LogP contribution in [0.1, 0.15) is 56.2 Å². The van der Waals surface area contributed by atoms with Crippen LogP contribution in [0.4, 0.5) is 11.4 Å². The SMILES string of the molecule is CCCOc1ccc(C2CC(=O)C3=C(C2)Nc2ccccc2NC3c2ccc(OC(C)=O)c(OC)c2)cc1. The van der Waals surface area contributed by atoms with Gasteiger partial charge in [-0.15, -0.1) is 0 Å². The lowest BCUT2D eigenvalue weighted by atomic mass is 9.78. The van der Waals surface area contributed by atoms with Crippen molar-refractivity contribution in [3.8, 4) is 17.2 Å². The molecule has 1 heterocycles. The Kier molecular flexibility index (Phi) is 7.36. The minimum absolute atomic E-state index is 0.0563. The van der Waals surface area contributed by atoms with Crippen LogP contribution < -0.4 is 24.8 Å². The monoisotopic (exact) mass is 512 g/mol. The number of esters is 1. The molecule has 7 nitrogen and oxygen atoms in total. The van der Waals surface area contributed by atoms with Gasteiger partial charge in [0.1, 0.15) is 5.75 Å². The van der Waals surface area contributed by atoms with Crippen LogP contribution in [0.3, 0.4) is 0 Å². The predicted molar refractivity (Wildman–Crippen MR) is 147 cm³/mol. The number of ether oxygens (including phenoxy) is 3. The van der Waals surface area contributed by atoms with Crippen molar-refractivity contribution in [2.75, 3.05) is 24.4 Å². The summed E-state index contributed by atoms with van der Waals surface area (Å²) in [4.78, 5) is 25.3. The molecule has 5 rings (SSSR count). The van der Waals surface area contributed by atoms with Crippen LogP contribution in [0.25, 0.3) is 0 Å². The minimum Gasteiger partial charge on any atom is -0.494 e. The van der Waals surface area contributed by atoms with Crippen LogP contribution in [0.15, 0.2) is 78.0 Å². The highest BCUT2D eigenvalue weighted by Gasteiger charge is 2.36. The van der Waals surface area contributed by atoms with E-state index in [0.29, 0.717) is 36.5 Å². The molecule has 0 amide bonds. The topological polar surface area (TPSA) is 85.9 Å². The van der Waals surface area contributed by atoms with Crippen molar-refractivity contribution in [3.63, 3.8) is 0 Å². The molecule has 2 aliphatic rings. The number of carbonyl (C=O) groups excluding carboxylic acids is 2. The number of rotatable bonds is 7. The fraction of sp³-hybridized carbons (Fsp3) is 0.290. The lowest BCUT2D eigenvalue weighted by molar-refractivity contribution is -0.132. The fourth-order valence-corrected chi connectivity index (χ4v) is 5.14. The van der Waals surface area contributed by atoms with Crippen LogP contribution in [-0.4, -0.2) is 25.5 Å². The molecule has 3 aromatic carbocycles.